The summed E-state index contributed by atoms with van der Waals surface area (Å²) in [5.74, 6) is -2.80. The first-order chi connectivity index (χ1) is 15.9. The number of rotatable bonds is 9. The highest BCUT2D eigenvalue weighted by Gasteiger charge is 2.23. The van der Waals surface area contributed by atoms with E-state index in [4.69, 9.17) is 16.0 Å². The molecular formula is C19H22N8O6S. The smallest absolute Gasteiger partial charge is 0.326 e. The Labute approximate surface area is 193 Å². The quantitative estimate of drug-likeness (QED) is 0.242. The molecule has 1 amide bonds. The van der Waals surface area contributed by atoms with Crippen LogP contribution in [0.3, 0.4) is 0 Å². The van der Waals surface area contributed by atoms with E-state index in [-0.39, 0.29) is 23.0 Å². The van der Waals surface area contributed by atoms with Crippen molar-refractivity contribution in [3.63, 3.8) is 0 Å². The van der Waals surface area contributed by atoms with Gasteiger partial charge in [0.2, 0.25) is 5.95 Å². The predicted octanol–water partition coefficient (Wildman–Crippen LogP) is -0.318. The molecule has 0 aliphatic carbocycles. The van der Waals surface area contributed by atoms with Crippen molar-refractivity contribution in [2.45, 2.75) is 19.0 Å². The van der Waals surface area contributed by atoms with Crippen LogP contribution in [0.1, 0.15) is 22.5 Å². The first-order valence-corrected chi connectivity index (χ1v) is 11.4. The number of benzene rings is 1. The lowest BCUT2D eigenvalue weighted by molar-refractivity contribution is -0.139. The Hall–Kier alpha value is -4.11. The van der Waals surface area contributed by atoms with Crippen molar-refractivity contribution in [3.05, 3.63) is 41.7 Å². The molecule has 1 atom stereocenters. The number of aromatic nitrogens is 4. The first-order valence-electron chi connectivity index (χ1n) is 9.77. The minimum Gasteiger partial charge on any atom is -0.480 e. The van der Waals surface area contributed by atoms with Gasteiger partial charge in [0.25, 0.3) is 16.0 Å². The number of hydrogen-bond acceptors (Lipinski definition) is 11. The van der Waals surface area contributed by atoms with Crippen molar-refractivity contribution in [1.29, 1.82) is 0 Å². The maximum Gasteiger partial charge on any atom is 0.326 e. The summed E-state index contributed by atoms with van der Waals surface area (Å²) in [7, 11) is -2.57. The molecule has 0 fully saturated rings. The summed E-state index contributed by atoms with van der Waals surface area (Å²) in [6.07, 6.45) is 1.06. The number of anilines is 3. The van der Waals surface area contributed by atoms with Crippen molar-refractivity contribution in [2.24, 2.45) is 0 Å². The molecule has 2 aromatic heterocycles. The number of nitrogen functional groups attached to an aromatic ring is 2. The van der Waals surface area contributed by atoms with Crippen molar-refractivity contribution < 1.29 is 27.7 Å². The third kappa shape index (κ3) is 6.23. The molecule has 2 heterocycles. The summed E-state index contributed by atoms with van der Waals surface area (Å²) in [5, 5.41) is 11.4. The predicted molar refractivity (Wildman–Crippen MR) is 122 cm³/mol. The van der Waals surface area contributed by atoms with Crippen LogP contribution in [0.15, 0.2) is 30.5 Å². The van der Waals surface area contributed by atoms with Gasteiger partial charge in [-0.3, -0.25) is 9.35 Å². The molecule has 0 saturated carbocycles. The number of nitrogens with zero attached hydrogens (tertiary/aromatic N) is 5. The van der Waals surface area contributed by atoms with E-state index in [9.17, 15) is 23.1 Å². The second kappa shape index (κ2) is 9.80. The van der Waals surface area contributed by atoms with Crippen molar-refractivity contribution in [2.75, 3.05) is 29.2 Å². The third-order valence-electron chi connectivity index (χ3n) is 4.74. The van der Waals surface area contributed by atoms with E-state index < -0.39 is 40.2 Å². The van der Waals surface area contributed by atoms with Gasteiger partial charge >= 0.3 is 5.97 Å². The molecule has 0 unspecified atom stereocenters. The van der Waals surface area contributed by atoms with E-state index >= 15 is 0 Å². The second-order valence-corrected chi connectivity index (χ2v) is 8.91. The molecule has 3 rings (SSSR count). The molecule has 0 bridgehead atoms. The van der Waals surface area contributed by atoms with Crippen LogP contribution < -0.4 is 21.7 Å². The minimum atomic E-state index is -4.36. The third-order valence-corrected chi connectivity index (χ3v) is 5.49. The highest BCUT2D eigenvalue weighted by molar-refractivity contribution is 7.85. The Kier molecular flexibility index (Phi) is 7.07. The minimum absolute atomic E-state index is 0.00130. The van der Waals surface area contributed by atoms with Crippen LogP contribution in [0.2, 0.25) is 0 Å². The molecular weight excluding hydrogens is 468 g/mol. The summed E-state index contributed by atoms with van der Waals surface area (Å²) >= 11 is 0. The number of carboxylic acid groups (broad SMARTS) is 1. The first kappa shape index (κ1) is 24.5. The maximum atomic E-state index is 12.4. The number of amides is 1. The molecule has 7 N–H and O–H groups in total. The number of hydrogen-bond donors (Lipinski definition) is 5. The summed E-state index contributed by atoms with van der Waals surface area (Å²) in [6, 6.07) is 4.80. The average molecular weight is 491 g/mol. The molecule has 15 heteroatoms. The zero-order chi connectivity index (χ0) is 25.0. The SMILES string of the molecule is CN(Cc1cnc2nc(N)nc(N)c2n1)c1ccc(C(=O)N[C@@H](CCS(=O)(=O)O)C(=O)O)cc1. The van der Waals surface area contributed by atoms with E-state index in [1.165, 1.54) is 18.3 Å². The summed E-state index contributed by atoms with van der Waals surface area (Å²) in [6.45, 7) is 0.342. The van der Waals surface area contributed by atoms with E-state index in [1.807, 2.05) is 4.90 Å². The largest absolute Gasteiger partial charge is 0.480 e. The maximum absolute atomic E-state index is 12.4. The molecule has 0 aliphatic heterocycles. The van der Waals surface area contributed by atoms with Gasteiger partial charge in [-0.2, -0.15) is 18.4 Å². The Balaban J connectivity index is 1.68. The van der Waals surface area contributed by atoms with Gasteiger partial charge in [-0.05, 0) is 30.7 Å². The standard InChI is InChI=1S/C19H22N8O6S/c1-27(9-11-8-22-16-14(23-11)15(20)25-19(21)26-16)12-4-2-10(3-5-12)17(28)24-13(18(29)30)6-7-34(31,32)33/h2-5,8,13H,6-7,9H2,1H3,(H,24,28)(H,29,30)(H,31,32,33)(H4,20,21,22,25,26)/t13-/m0/s1. The van der Waals surface area contributed by atoms with Crippen molar-refractivity contribution in [1.82, 2.24) is 25.3 Å². The second-order valence-electron chi connectivity index (χ2n) is 7.34. The van der Waals surface area contributed by atoms with Gasteiger partial charge in [0.15, 0.2) is 17.0 Å². The lowest BCUT2D eigenvalue weighted by Gasteiger charge is -2.19. The van der Waals surface area contributed by atoms with Crippen LogP contribution in [0.4, 0.5) is 17.5 Å². The van der Waals surface area contributed by atoms with Gasteiger partial charge in [0.1, 0.15) is 6.04 Å². The van der Waals surface area contributed by atoms with Gasteiger partial charge < -0.3 is 26.8 Å². The molecule has 34 heavy (non-hydrogen) atoms. The van der Waals surface area contributed by atoms with Gasteiger partial charge in [-0.15, -0.1) is 0 Å². The van der Waals surface area contributed by atoms with Crippen LogP contribution in [0.5, 0.6) is 0 Å². The van der Waals surface area contributed by atoms with Crippen LogP contribution in [0, 0.1) is 0 Å². The molecule has 0 radical (unpaired) electrons. The topological polar surface area (TPSA) is 228 Å². The van der Waals surface area contributed by atoms with Gasteiger partial charge in [0, 0.05) is 18.3 Å². The molecule has 0 aliphatic rings. The number of aliphatic carboxylic acids is 1. The molecule has 0 saturated heterocycles. The Morgan fingerprint density at radius 2 is 1.82 bits per heavy atom. The molecule has 3 aromatic rings. The van der Waals surface area contributed by atoms with Crippen LogP contribution >= 0.6 is 0 Å². The number of fused-ring (bicyclic) bond motifs is 1. The fourth-order valence-corrected chi connectivity index (χ4v) is 3.56. The van der Waals surface area contributed by atoms with E-state index in [1.54, 1.807) is 19.2 Å². The van der Waals surface area contributed by atoms with E-state index in [0.29, 0.717) is 17.8 Å². The number of nitrogens with two attached hydrogens (primary N) is 2. The number of nitrogens with one attached hydrogen (secondary N) is 1. The van der Waals surface area contributed by atoms with Crippen LogP contribution in [-0.4, -0.2) is 68.7 Å². The zero-order valence-electron chi connectivity index (χ0n) is 17.9. The Morgan fingerprint density at radius 3 is 2.44 bits per heavy atom. The fourth-order valence-electron chi connectivity index (χ4n) is 3.03. The molecule has 14 nitrogen and oxygen atoms in total. The Bertz CT molecular complexity index is 1330. The summed E-state index contributed by atoms with van der Waals surface area (Å²) in [4.78, 5) is 42.0. The molecule has 0 spiro atoms. The zero-order valence-corrected chi connectivity index (χ0v) is 18.7. The van der Waals surface area contributed by atoms with Crippen molar-refractivity contribution >= 4 is 50.6 Å². The monoisotopic (exact) mass is 490 g/mol. The molecule has 1 aromatic carbocycles. The number of carbonyl (C=O) groups is 2. The van der Waals surface area contributed by atoms with Crippen LogP contribution in [0.25, 0.3) is 11.2 Å². The van der Waals surface area contributed by atoms with E-state index in [0.717, 1.165) is 5.69 Å². The average Bonchev–Trinajstić information content (AvgIpc) is 2.76. The van der Waals surface area contributed by atoms with Gasteiger partial charge in [0.05, 0.1) is 24.2 Å². The molecule has 180 valence electrons. The Morgan fingerprint density at radius 1 is 1.15 bits per heavy atom. The van der Waals surface area contributed by atoms with E-state index in [2.05, 4.69) is 25.3 Å². The van der Waals surface area contributed by atoms with Crippen LogP contribution in [-0.2, 0) is 21.5 Å². The lowest BCUT2D eigenvalue weighted by atomic mass is 10.1. The normalized spacial score (nSPS) is 12.3. The summed E-state index contributed by atoms with van der Waals surface area (Å²) in [5.41, 5.74) is 13.5. The van der Waals surface area contributed by atoms with Gasteiger partial charge in [-0.1, -0.05) is 0 Å². The lowest BCUT2D eigenvalue weighted by Crippen LogP contribution is -2.41. The van der Waals surface area contributed by atoms with Gasteiger partial charge in [-0.25, -0.2) is 14.8 Å². The fraction of sp³-hybridized carbons (Fsp3) is 0.263. The highest BCUT2D eigenvalue weighted by Crippen LogP contribution is 2.19. The number of carboxylic acids is 1. The summed E-state index contributed by atoms with van der Waals surface area (Å²) < 4.78 is 30.5. The highest BCUT2D eigenvalue weighted by atomic mass is 32.2. The van der Waals surface area contributed by atoms with Crippen molar-refractivity contribution in [3.8, 4) is 0 Å². The number of carbonyl (C=O) groups excluding carboxylic acids is 1.